The minimum Gasteiger partial charge on any atom is -0.508 e. The molecule has 1 saturated heterocycles. The van der Waals surface area contributed by atoms with Gasteiger partial charge < -0.3 is 55.3 Å². The highest BCUT2D eigenvalue weighted by molar-refractivity contribution is 6.10. The van der Waals surface area contributed by atoms with E-state index in [0.717, 1.165) is 49.1 Å². The van der Waals surface area contributed by atoms with Crippen LogP contribution in [0.3, 0.4) is 0 Å². The zero-order chi connectivity index (χ0) is 40.9. The first-order chi connectivity index (χ1) is 27.8. The summed E-state index contributed by atoms with van der Waals surface area (Å²) in [5.41, 5.74) is 4.25. The number of aliphatic carboxylic acids is 1. The Morgan fingerprint density at radius 1 is 1.02 bits per heavy atom. The first-order valence-electron chi connectivity index (χ1n) is 19.6. The van der Waals surface area contributed by atoms with Crippen LogP contribution in [0.2, 0.25) is 0 Å². The number of phenolic OH excluding ortho intramolecular Hbond substituents is 2. The number of carbonyl (C=O) groups excluding carboxylic acids is 1. The van der Waals surface area contributed by atoms with Crippen molar-refractivity contribution >= 4 is 23.6 Å². The van der Waals surface area contributed by atoms with Crippen LogP contribution in [0.1, 0.15) is 78.0 Å². The Morgan fingerprint density at radius 2 is 1.83 bits per heavy atom. The van der Waals surface area contributed by atoms with Crippen LogP contribution >= 0.6 is 0 Å². The van der Waals surface area contributed by atoms with Crippen LogP contribution in [0.25, 0.3) is 6.08 Å². The average molecular weight is 798 g/mol. The number of fused-ring (bicyclic) bond motifs is 4. The molecule has 3 aromatic carbocycles. The van der Waals surface area contributed by atoms with Crippen LogP contribution in [0, 0.1) is 5.92 Å². The van der Waals surface area contributed by atoms with Crippen LogP contribution in [-0.4, -0.2) is 106 Å². The number of imidazole rings is 1. The summed E-state index contributed by atoms with van der Waals surface area (Å²) in [4.78, 5) is 36.2. The molecule has 9 N–H and O–H groups in total. The molecule has 0 bridgehead atoms. The molecule has 1 saturated carbocycles. The predicted octanol–water partition coefficient (Wildman–Crippen LogP) is 2.97. The highest BCUT2D eigenvalue weighted by Crippen LogP contribution is 2.58. The summed E-state index contributed by atoms with van der Waals surface area (Å²) in [6, 6.07) is 14.1. The number of nitrogens with zero attached hydrogens (tertiary/aromatic N) is 2. The number of phenols is 2. The van der Waals surface area contributed by atoms with E-state index in [2.05, 4.69) is 22.1 Å². The molecule has 15 nitrogen and oxygen atoms in total. The van der Waals surface area contributed by atoms with Gasteiger partial charge in [0, 0.05) is 41.9 Å². The number of aromatic amines is 1. The molecule has 8 rings (SSSR count). The van der Waals surface area contributed by atoms with Gasteiger partial charge in [0.05, 0.1) is 18.6 Å². The zero-order valence-electron chi connectivity index (χ0n) is 31.5. The Balaban J connectivity index is 1.21. The average Bonchev–Trinajstić information content (AvgIpc) is 3.84. The highest BCUT2D eigenvalue weighted by atomic mass is 16.8. The van der Waals surface area contributed by atoms with E-state index < -0.39 is 77.7 Å². The summed E-state index contributed by atoms with van der Waals surface area (Å²) in [5, 5.41) is 85.5. The van der Waals surface area contributed by atoms with Crippen molar-refractivity contribution in [2.24, 2.45) is 5.92 Å². The number of aryl methyl sites for hydroxylation is 1. The molecule has 15 heteroatoms. The number of anilines is 1. The van der Waals surface area contributed by atoms with Crippen molar-refractivity contribution in [2.45, 2.75) is 99.1 Å². The van der Waals surface area contributed by atoms with Gasteiger partial charge in [-0.2, -0.15) is 0 Å². The maximum atomic E-state index is 14.5. The van der Waals surface area contributed by atoms with Gasteiger partial charge in [0.15, 0.2) is 17.6 Å². The molecular weight excluding hydrogens is 750 g/mol. The van der Waals surface area contributed by atoms with Crippen molar-refractivity contribution in [3.05, 3.63) is 107 Å². The molecule has 0 spiro atoms. The Morgan fingerprint density at radius 3 is 2.59 bits per heavy atom. The number of aliphatic hydroxyl groups is 5. The van der Waals surface area contributed by atoms with Crippen molar-refractivity contribution < 1.29 is 59.9 Å². The van der Waals surface area contributed by atoms with E-state index in [9.17, 15) is 50.4 Å². The molecule has 2 fully saturated rings. The third-order valence-corrected chi connectivity index (χ3v) is 12.7. The van der Waals surface area contributed by atoms with Crippen LogP contribution in [-0.2, 0) is 32.6 Å². The maximum Gasteiger partial charge on any atom is 0.355 e. The van der Waals surface area contributed by atoms with Crippen molar-refractivity contribution in [3.8, 4) is 17.2 Å². The predicted molar refractivity (Wildman–Crippen MR) is 207 cm³/mol. The first-order valence-corrected chi connectivity index (χ1v) is 19.6. The maximum absolute atomic E-state index is 14.5. The zero-order valence-corrected chi connectivity index (χ0v) is 31.5. The number of aromatic nitrogens is 2. The van der Waals surface area contributed by atoms with Crippen molar-refractivity contribution in [1.82, 2.24) is 9.97 Å². The molecule has 58 heavy (non-hydrogen) atoms. The summed E-state index contributed by atoms with van der Waals surface area (Å²) in [5.74, 6) is -6.73. The number of carboxylic acid groups (broad SMARTS) is 1. The normalized spacial score (nSPS) is 30.4. The molecule has 2 aliphatic heterocycles. The molecule has 2 aliphatic carbocycles. The summed E-state index contributed by atoms with van der Waals surface area (Å²) in [7, 11) is 0. The topological polar surface area (TPSA) is 246 Å². The van der Waals surface area contributed by atoms with Crippen molar-refractivity contribution in [3.63, 3.8) is 0 Å². The summed E-state index contributed by atoms with van der Waals surface area (Å²) in [6.45, 7) is -0.874. The van der Waals surface area contributed by atoms with Gasteiger partial charge in [-0.05, 0) is 90.0 Å². The van der Waals surface area contributed by atoms with E-state index in [1.165, 1.54) is 47.8 Å². The van der Waals surface area contributed by atoms with Crippen LogP contribution < -0.4 is 9.64 Å². The standard InChI is InChI=1S/C43H47N3O12/c47-21-35-38(51)39(52)40(53)43(56,58-35)57-34-18-31-28(17-33(34)49)29(19-42-14-4-3-6-26(42)11-10-24-5-1-2-7-30(24)42)37(41(54)55)46(31)36(50)13-9-23-8-12-32(48)25(15-23)16-27-20-44-22-45-27/h1-2,5,7-9,12-13,15,17-18,20,22,26,29,35,37-40,47-49,51-53,56H,3-4,6,10-11,14,16,19,21H2,(H,44,45)(H,54,55). The van der Waals surface area contributed by atoms with E-state index in [0.29, 0.717) is 29.5 Å². The van der Waals surface area contributed by atoms with Gasteiger partial charge in [-0.15, -0.1) is 0 Å². The van der Waals surface area contributed by atoms with Gasteiger partial charge in [-0.1, -0.05) is 43.2 Å². The molecule has 3 heterocycles. The minimum absolute atomic E-state index is 0.0402. The van der Waals surface area contributed by atoms with E-state index in [1.807, 2.05) is 12.1 Å². The quantitative estimate of drug-likeness (QED) is 0.0829. The highest BCUT2D eigenvalue weighted by Gasteiger charge is 2.57. The number of carboxylic acids is 1. The van der Waals surface area contributed by atoms with Gasteiger partial charge in [-0.25, -0.2) is 9.78 Å². The van der Waals surface area contributed by atoms with Crippen molar-refractivity contribution in [1.29, 1.82) is 0 Å². The number of aromatic hydroxyl groups is 2. The lowest BCUT2D eigenvalue weighted by Crippen LogP contribution is -2.67. The monoisotopic (exact) mass is 797 g/mol. The van der Waals surface area contributed by atoms with Gasteiger partial charge in [-0.3, -0.25) is 9.69 Å². The Kier molecular flexibility index (Phi) is 10.5. The van der Waals surface area contributed by atoms with Crippen LogP contribution in [0.4, 0.5) is 5.69 Å². The molecule has 0 radical (unpaired) electrons. The van der Waals surface area contributed by atoms with E-state index in [-0.39, 0.29) is 17.4 Å². The SMILES string of the molecule is O=C(O)C1C(CC23CCCCC2CCc2ccccc23)c2cc(O)c(OC3(O)OC(CO)C(O)C(O)C3O)cc2N1C(=O)C=Cc1ccc(O)c(Cc2cnc[nH]2)c1. The van der Waals surface area contributed by atoms with Crippen molar-refractivity contribution in [2.75, 3.05) is 11.5 Å². The summed E-state index contributed by atoms with van der Waals surface area (Å²) in [6.07, 6.45) is 4.50. The van der Waals surface area contributed by atoms with Gasteiger partial charge >= 0.3 is 11.9 Å². The van der Waals surface area contributed by atoms with E-state index >= 15 is 0 Å². The second-order valence-electron chi connectivity index (χ2n) is 15.9. The number of amides is 1. The molecule has 4 aromatic rings. The lowest BCUT2D eigenvalue weighted by Gasteiger charge is -2.50. The number of ether oxygens (including phenoxy) is 2. The number of carbonyl (C=O) groups is 2. The number of hydrogen-bond acceptors (Lipinski definition) is 12. The molecule has 1 aromatic heterocycles. The largest absolute Gasteiger partial charge is 0.508 e. The number of H-pyrrole nitrogens is 1. The number of nitrogens with one attached hydrogen (secondary N) is 1. The lowest BCUT2D eigenvalue weighted by atomic mass is 9.54. The Labute approximate surface area is 333 Å². The van der Waals surface area contributed by atoms with Crippen LogP contribution in [0.5, 0.6) is 17.2 Å². The molecule has 306 valence electrons. The van der Waals surface area contributed by atoms with Gasteiger partial charge in [0.1, 0.15) is 30.1 Å². The molecule has 9 atom stereocenters. The second kappa shape index (κ2) is 15.5. The number of hydrogen-bond donors (Lipinski definition) is 9. The van der Waals surface area contributed by atoms with Gasteiger partial charge in [0.2, 0.25) is 0 Å². The summed E-state index contributed by atoms with van der Waals surface area (Å²) < 4.78 is 10.9. The number of benzene rings is 3. The van der Waals surface area contributed by atoms with Gasteiger partial charge in [0.25, 0.3) is 5.91 Å². The minimum atomic E-state index is -3.09. The number of aliphatic hydroxyl groups excluding tert-OH is 4. The van der Waals surface area contributed by atoms with E-state index in [4.69, 9.17) is 9.47 Å². The first kappa shape index (κ1) is 39.5. The van der Waals surface area contributed by atoms with Crippen LogP contribution in [0.15, 0.2) is 73.2 Å². The summed E-state index contributed by atoms with van der Waals surface area (Å²) >= 11 is 0. The fourth-order valence-corrected chi connectivity index (χ4v) is 9.88. The number of rotatable bonds is 10. The molecular formula is C43H47N3O12. The fraction of sp³-hybridized carbons (Fsp3) is 0.419. The Bertz CT molecular complexity index is 2210. The third-order valence-electron chi connectivity index (χ3n) is 12.7. The third kappa shape index (κ3) is 6.91. The second-order valence-corrected chi connectivity index (χ2v) is 15.9. The molecule has 9 unspecified atom stereocenters. The smallest absolute Gasteiger partial charge is 0.355 e. The molecule has 4 aliphatic rings. The van der Waals surface area contributed by atoms with E-state index in [1.54, 1.807) is 18.3 Å². The molecule has 1 amide bonds. The fourth-order valence-electron chi connectivity index (χ4n) is 9.88. The lowest BCUT2D eigenvalue weighted by molar-refractivity contribution is -0.422. The Hall–Kier alpha value is -5.29.